The minimum absolute atomic E-state index is 0.128. The van der Waals surface area contributed by atoms with Crippen molar-refractivity contribution in [3.8, 4) is 0 Å². The first-order valence-electron chi connectivity index (χ1n) is 8.10. The molecule has 0 radical (unpaired) electrons. The van der Waals surface area contributed by atoms with Crippen LogP contribution in [-0.4, -0.2) is 29.1 Å². The highest BCUT2D eigenvalue weighted by Crippen LogP contribution is 2.16. The minimum Gasteiger partial charge on any atom is -0.326 e. The lowest BCUT2D eigenvalue weighted by Crippen LogP contribution is -2.24. The summed E-state index contributed by atoms with van der Waals surface area (Å²) in [6.07, 6.45) is 1.02. The van der Waals surface area contributed by atoms with Gasteiger partial charge >= 0.3 is 0 Å². The first-order chi connectivity index (χ1) is 12.1. The molecule has 0 saturated heterocycles. The monoisotopic (exact) mass is 399 g/mol. The van der Waals surface area contributed by atoms with Crippen molar-refractivity contribution in [1.29, 1.82) is 0 Å². The molecule has 5 nitrogen and oxygen atoms in total. The summed E-state index contributed by atoms with van der Waals surface area (Å²) in [5.74, 6) is -0.306. The Morgan fingerprint density at radius 2 is 1.76 bits per heavy atom. The molecule has 1 aliphatic rings. The van der Waals surface area contributed by atoms with Crippen LogP contribution in [0.4, 0.5) is 5.69 Å². The Bertz CT molecular complexity index is 788. The van der Waals surface area contributed by atoms with E-state index in [1.807, 2.05) is 42.5 Å². The lowest BCUT2D eigenvalue weighted by molar-refractivity contribution is -0.132. The highest BCUT2D eigenvalue weighted by Gasteiger charge is 2.21. The number of carbonyl (C=O) groups excluding carboxylic acids is 2. The van der Waals surface area contributed by atoms with Gasteiger partial charge in [0.15, 0.2) is 0 Å². The maximum Gasteiger partial charge on any atom is 0.243 e. The molecular formula is C19H18BrN3O2. The topological polar surface area (TPSA) is 61.8 Å². The fourth-order valence-electron chi connectivity index (χ4n) is 2.58. The number of carbonyl (C=O) groups is 2. The van der Waals surface area contributed by atoms with Crippen LogP contribution in [0.25, 0.3) is 0 Å². The van der Waals surface area contributed by atoms with Crippen LogP contribution in [0, 0.1) is 0 Å². The van der Waals surface area contributed by atoms with Crippen molar-refractivity contribution in [2.24, 2.45) is 5.10 Å². The molecule has 128 valence electrons. The second-order valence-corrected chi connectivity index (χ2v) is 6.65. The molecule has 0 aromatic heterocycles. The second-order valence-electron chi connectivity index (χ2n) is 5.73. The Kier molecular flexibility index (Phi) is 5.60. The van der Waals surface area contributed by atoms with Gasteiger partial charge in [0, 0.05) is 29.4 Å². The zero-order valence-electron chi connectivity index (χ0n) is 13.6. The van der Waals surface area contributed by atoms with Crippen LogP contribution in [0.1, 0.15) is 24.8 Å². The van der Waals surface area contributed by atoms with Crippen LogP contribution in [-0.2, 0) is 9.59 Å². The van der Waals surface area contributed by atoms with Crippen LogP contribution in [0.15, 0.2) is 64.2 Å². The number of anilines is 1. The number of halogens is 1. The molecule has 1 heterocycles. The molecule has 2 aromatic carbocycles. The molecule has 0 fully saturated rings. The molecule has 3 rings (SSSR count). The molecule has 0 unspecified atom stereocenters. The molecular weight excluding hydrogens is 382 g/mol. The lowest BCUT2D eigenvalue weighted by atomic mass is 10.1. The van der Waals surface area contributed by atoms with E-state index in [9.17, 15) is 9.59 Å². The van der Waals surface area contributed by atoms with E-state index in [-0.39, 0.29) is 24.7 Å². The third-order valence-electron chi connectivity index (χ3n) is 3.89. The zero-order chi connectivity index (χ0) is 17.6. The van der Waals surface area contributed by atoms with Gasteiger partial charge in [0.25, 0.3) is 0 Å². The normalized spacial score (nSPS) is 13.5. The van der Waals surface area contributed by atoms with Gasteiger partial charge in [-0.15, -0.1) is 0 Å². The number of benzene rings is 2. The summed E-state index contributed by atoms with van der Waals surface area (Å²) in [5.41, 5.74) is 2.66. The molecule has 1 N–H and O–H groups in total. The summed E-state index contributed by atoms with van der Waals surface area (Å²) in [5, 5.41) is 8.64. The summed E-state index contributed by atoms with van der Waals surface area (Å²) >= 11 is 3.35. The molecule has 2 amide bonds. The highest BCUT2D eigenvalue weighted by molar-refractivity contribution is 9.10. The smallest absolute Gasteiger partial charge is 0.243 e. The number of hydrazone groups is 1. The number of nitrogens with one attached hydrogen (secondary N) is 1. The van der Waals surface area contributed by atoms with E-state index in [0.717, 1.165) is 22.2 Å². The van der Waals surface area contributed by atoms with Crippen LogP contribution in [0.2, 0.25) is 0 Å². The Labute approximate surface area is 154 Å². The summed E-state index contributed by atoms with van der Waals surface area (Å²) in [6, 6.07) is 17.1. The average Bonchev–Trinajstić information content (AvgIpc) is 3.13. The summed E-state index contributed by atoms with van der Waals surface area (Å²) < 4.78 is 0.946. The van der Waals surface area contributed by atoms with Crippen molar-refractivity contribution in [1.82, 2.24) is 5.01 Å². The fourth-order valence-corrected chi connectivity index (χ4v) is 2.84. The van der Waals surface area contributed by atoms with Crippen molar-refractivity contribution >= 4 is 39.1 Å². The summed E-state index contributed by atoms with van der Waals surface area (Å²) in [7, 11) is 0. The van der Waals surface area contributed by atoms with Gasteiger partial charge in [-0.2, -0.15) is 5.10 Å². The third-order valence-corrected chi connectivity index (χ3v) is 4.42. The highest BCUT2D eigenvalue weighted by atomic mass is 79.9. The van der Waals surface area contributed by atoms with E-state index >= 15 is 0 Å². The molecule has 0 bridgehead atoms. The van der Waals surface area contributed by atoms with E-state index in [2.05, 4.69) is 26.3 Å². The average molecular weight is 400 g/mol. The molecule has 0 spiro atoms. The van der Waals surface area contributed by atoms with Crippen LogP contribution < -0.4 is 5.32 Å². The number of hydrogen-bond donors (Lipinski definition) is 1. The second kappa shape index (κ2) is 8.07. The van der Waals surface area contributed by atoms with Crippen LogP contribution in [0.3, 0.4) is 0 Å². The van der Waals surface area contributed by atoms with Gasteiger partial charge < -0.3 is 5.32 Å². The number of amides is 2. The molecule has 0 saturated carbocycles. The molecule has 6 heteroatoms. The van der Waals surface area contributed by atoms with Gasteiger partial charge in [-0.1, -0.05) is 46.3 Å². The first kappa shape index (κ1) is 17.4. The van der Waals surface area contributed by atoms with Gasteiger partial charge in [-0.25, -0.2) is 5.01 Å². The van der Waals surface area contributed by atoms with Gasteiger partial charge in [-0.3, -0.25) is 9.59 Å². The van der Waals surface area contributed by atoms with E-state index < -0.39 is 0 Å². The van der Waals surface area contributed by atoms with Gasteiger partial charge in [0.1, 0.15) is 0 Å². The van der Waals surface area contributed by atoms with Crippen molar-refractivity contribution < 1.29 is 9.59 Å². The first-order valence-corrected chi connectivity index (χ1v) is 8.90. The van der Waals surface area contributed by atoms with Crippen molar-refractivity contribution in [2.75, 3.05) is 11.9 Å². The van der Waals surface area contributed by atoms with Crippen molar-refractivity contribution in [2.45, 2.75) is 19.3 Å². The molecule has 0 aliphatic carbocycles. The Morgan fingerprint density at radius 3 is 2.48 bits per heavy atom. The Hall–Kier alpha value is -2.47. The third kappa shape index (κ3) is 4.76. The molecule has 0 atom stereocenters. The SMILES string of the molecule is O=C(CCC(=O)N1CCC(c2ccccc2)=N1)Nc1ccc(Br)cc1. The maximum atomic E-state index is 12.3. The molecule has 2 aromatic rings. The predicted octanol–water partition coefficient (Wildman–Crippen LogP) is 3.80. The Morgan fingerprint density at radius 1 is 1.04 bits per heavy atom. The van der Waals surface area contributed by atoms with Crippen molar-refractivity contribution in [3.05, 3.63) is 64.6 Å². The molecule has 25 heavy (non-hydrogen) atoms. The largest absolute Gasteiger partial charge is 0.326 e. The van der Waals surface area contributed by atoms with Gasteiger partial charge in [0.2, 0.25) is 11.8 Å². The van der Waals surface area contributed by atoms with Crippen LogP contribution in [0.5, 0.6) is 0 Å². The van der Waals surface area contributed by atoms with Gasteiger partial charge in [0.05, 0.1) is 12.3 Å². The number of rotatable bonds is 5. The number of hydrogen-bond acceptors (Lipinski definition) is 3. The lowest BCUT2D eigenvalue weighted by Gasteiger charge is -2.11. The van der Waals surface area contributed by atoms with Gasteiger partial charge in [-0.05, 0) is 29.8 Å². The standard InChI is InChI=1S/C19H18BrN3O2/c20-15-6-8-16(9-7-15)21-18(24)10-11-19(25)23-13-12-17(22-23)14-4-2-1-3-5-14/h1-9H,10-13H2,(H,21,24). The Balaban J connectivity index is 1.50. The zero-order valence-corrected chi connectivity index (χ0v) is 15.2. The van der Waals surface area contributed by atoms with E-state index in [1.165, 1.54) is 5.01 Å². The number of nitrogens with zero attached hydrogens (tertiary/aromatic N) is 2. The van der Waals surface area contributed by atoms with Crippen molar-refractivity contribution in [3.63, 3.8) is 0 Å². The predicted molar refractivity (Wildman–Crippen MR) is 101 cm³/mol. The van der Waals surface area contributed by atoms with Crippen LogP contribution >= 0.6 is 15.9 Å². The minimum atomic E-state index is -0.179. The molecule has 1 aliphatic heterocycles. The fraction of sp³-hybridized carbons (Fsp3) is 0.211. The quantitative estimate of drug-likeness (QED) is 0.830. The van der Waals surface area contributed by atoms with E-state index in [0.29, 0.717) is 12.2 Å². The summed E-state index contributed by atoms with van der Waals surface area (Å²) in [4.78, 5) is 24.2. The maximum absolute atomic E-state index is 12.3. The van der Waals surface area contributed by atoms with E-state index in [1.54, 1.807) is 12.1 Å². The van der Waals surface area contributed by atoms with E-state index in [4.69, 9.17) is 0 Å². The summed E-state index contributed by atoms with van der Waals surface area (Å²) in [6.45, 7) is 0.567.